The van der Waals surface area contributed by atoms with E-state index in [0.29, 0.717) is 98.1 Å². The molecule has 0 spiro atoms. The van der Waals surface area contributed by atoms with Crippen molar-refractivity contribution in [3.63, 3.8) is 0 Å². The third-order valence-corrected chi connectivity index (χ3v) is 19.5. The number of hydrogen-bond donors (Lipinski definition) is 10. The van der Waals surface area contributed by atoms with Crippen LogP contribution in [0.4, 0.5) is 0 Å². The smallest absolute Gasteiger partial charge is 0.220 e. The quantitative estimate of drug-likeness (QED) is 0.0170. The SMILES string of the molecule is COc1ccc(CC(=O)CS)c(OC)n1.COc1ccc(Cl)c(CC(=O)CS)c1.Cc1cc(Br)ccc1CC(=O)CS.Cc1cc(CC(=O)CS)ccc1Br.N#Cc1ccc(CC(=O)CS)cc1.O=C(CS)Cc1ccc(Br)cc1Cl.O=C(CS)Cc1nc(=S)[nH][nH]1.O=C(CS)Cc1ncc(Cl)s1. The number of thiazole rings is 1. The first-order chi connectivity index (χ1) is 49.0. The highest BCUT2D eigenvalue weighted by Crippen LogP contribution is 2.25. The topological polar surface area (TPSA) is 258 Å². The third kappa shape index (κ3) is 42.7. The lowest BCUT2D eigenvalue weighted by Crippen LogP contribution is -2.06. The van der Waals surface area contributed by atoms with E-state index in [1.165, 1.54) is 25.6 Å². The Morgan fingerprint density at radius 2 is 0.961 bits per heavy atom. The molecule has 0 fully saturated rings. The molecule has 8 rings (SSSR count). The van der Waals surface area contributed by atoms with Crippen molar-refractivity contribution in [2.45, 2.75) is 65.2 Å². The van der Waals surface area contributed by atoms with Crippen molar-refractivity contribution in [1.82, 2.24) is 25.1 Å². The van der Waals surface area contributed by atoms with E-state index in [-0.39, 0.29) is 93.6 Å². The number of thiol groups is 8. The van der Waals surface area contributed by atoms with Crippen molar-refractivity contribution in [3.8, 4) is 23.6 Å². The van der Waals surface area contributed by atoms with E-state index in [0.717, 1.165) is 62.9 Å². The van der Waals surface area contributed by atoms with Crippen LogP contribution in [0.15, 0.2) is 129 Å². The summed E-state index contributed by atoms with van der Waals surface area (Å²) in [6.07, 6.45) is 4.47. The third-order valence-electron chi connectivity index (χ3n) is 12.7. The average Bonchev–Trinajstić information content (AvgIpc) is 1.88. The maximum atomic E-state index is 11.2. The highest BCUT2D eigenvalue weighted by Gasteiger charge is 2.13. The summed E-state index contributed by atoms with van der Waals surface area (Å²) >= 11 is 64.7. The summed E-state index contributed by atoms with van der Waals surface area (Å²) in [4.78, 5) is 100. The number of rotatable bonds is 27. The van der Waals surface area contributed by atoms with E-state index in [4.69, 9.17) is 66.5 Å². The van der Waals surface area contributed by atoms with Gasteiger partial charge in [0.15, 0.2) is 0 Å². The van der Waals surface area contributed by atoms with Crippen molar-refractivity contribution >= 4 is 253 Å². The number of H-pyrrole nitrogens is 2. The Morgan fingerprint density at radius 3 is 1.43 bits per heavy atom. The molecule has 103 heavy (non-hydrogen) atoms. The van der Waals surface area contributed by atoms with E-state index in [9.17, 15) is 38.4 Å². The first kappa shape index (κ1) is 96.6. The summed E-state index contributed by atoms with van der Waals surface area (Å²) in [5.74, 6) is 4.89. The van der Waals surface area contributed by atoms with Crippen LogP contribution in [0.3, 0.4) is 0 Å². The molecule has 0 saturated carbocycles. The molecule has 0 unspecified atom stereocenters. The summed E-state index contributed by atoms with van der Waals surface area (Å²) in [5, 5.41) is 15.8. The van der Waals surface area contributed by atoms with Gasteiger partial charge in [0.25, 0.3) is 0 Å². The summed E-state index contributed by atoms with van der Waals surface area (Å²) in [7, 11) is 4.62. The molecule has 0 amide bonds. The fraction of sp³-hybridized carbons (Fsp3) is 0.300. The lowest BCUT2D eigenvalue weighted by molar-refractivity contribution is -0.116. The lowest BCUT2D eigenvalue weighted by atomic mass is 10.0. The number of benzene rings is 5. The monoisotopic (exact) mass is 1840 g/mol. The molecular weight excluding hydrogens is 1770 g/mol. The van der Waals surface area contributed by atoms with Gasteiger partial charge in [0.05, 0.1) is 52.0 Å². The number of Topliss-reactive ketones (excluding diaryl/α,β-unsaturated/α-hetero) is 8. The zero-order valence-corrected chi connectivity index (χ0v) is 72.0. The van der Waals surface area contributed by atoms with Crippen LogP contribution >= 0.6 is 207 Å². The van der Waals surface area contributed by atoms with Crippen molar-refractivity contribution in [2.24, 2.45) is 0 Å². The maximum absolute atomic E-state index is 11.2. The van der Waals surface area contributed by atoms with Crippen molar-refractivity contribution in [3.05, 3.63) is 209 Å². The molecule has 0 aliphatic heterocycles. The maximum Gasteiger partial charge on any atom is 0.220 e. The molecule has 3 heterocycles. The Morgan fingerprint density at radius 1 is 0.485 bits per heavy atom. The molecule has 0 bridgehead atoms. The molecule has 0 aliphatic rings. The number of pyridine rings is 1. The standard InChI is InChI=1S/2C10H11BrOS.C10H11ClO2S.C10H13NO3S.C10H9NOS.C9H8BrClOS.C6H6ClNOS2.C5H7N3OS2/c1-7-4-9(11)3-2-8(7)5-10(12)6-13;1-7-4-8(2-3-10(7)11)5-9(12)6-13;1-13-9-2-3-10(11)7(5-9)4-8(12)6-14;1-13-9-4-3-7(5-8(12)6-15)10(11-9)14-2;11-6-9-3-1-8(2-4-9)5-10(12)7-13;10-7-2-1-6(9(11)4-7)3-8(12)5-13;7-5-2-8-6(11-5)1-4(9)3-10;9-3(2-10)1-4-6-5(11)8-7-4/h2*2-4,13H,5-6H2,1H3;2-3,5,14H,4,6H2,1H3;3-4,15H,5-6H2,1-2H3;1-4,13H,5,7H2;1-2,4,13H,3,5H2;2,10H,1,3H2;10H,1-2H2,(H2,6,7,8,11). The molecular formula is C70H76Br3Cl3N6O11S10. The predicted molar refractivity (Wildman–Crippen MR) is 455 cm³/mol. The van der Waals surface area contributed by atoms with Crippen LogP contribution in [0.25, 0.3) is 0 Å². The van der Waals surface area contributed by atoms with Gasteiger partial charge >= 0.3 is 0 Å². The minimum absolute atomic E-state index is 0.0195. The summed E-state index contributed by atoms with van der Waals surface area (Å²) < 4.78 is 19.1. The fourth-order valence-corrected chi connectivity index (χ4v) is 11.3. The molecule has 33 heteroatoms. The largest absolute Gasteiger partial charge is 0.497 e. The number of aryl methyl sites for hydroxylation is 2. The predicted octanol–water partition coefficient (Wildman–Crippen LogP) is 16.2. The number of ketones is 8. The minimum atomic E-state index is 0.0195. The van der Waals surface area contributed by atoms with Gasteiger partial charge in [-0.05, 0) is 132 Å². The Hall–Kier alpha value is -4.40. The molecule has 3 aromatic heterocycles. The summed E-state index contributed by atoms with van der Waals surface area (Å²) in [6.45, 7) is 4.02. The zero-order valence-electron chi connectivity index (χ0n) is 56.2. The fourth-order valence-electron chi connectivity index (χ4n) is 7.59. The van der Waals surface area contributed by atoms with Gasteiger partial charge in [0.1, 0.15) is 67.2 Å². The Kier molecular flexibility index (Phi) is 52.5. The number of carbonyl (C=O) groups is 8. The van der Waals surface area contributed by atoms with Crippen LogP contribution in [0.2, 0.25) is 14.4 Å². The van der Waals surface area contributed by atoms with Gasteiger partial charge in [-0.2, -0.15) is 111 Å². The molecule has 5 aromatic carbocycles. The number of hydrogen-bond acceptors (Lipinski definition) is 25. The number of methoxy groups -OCH3 is 3. The normalized spacial score (nSPS) is 9.88. The number of ether oxygens (including phenoxy) is 3. The Labute approximate surface area is 694 Å². The molecule has 17 nitrogen and oxygen atoms in total. The highest BCUT2D eigenvalue weighted by molar-refractivity contribution is 9.11. The second kappa shape index (κ2) is 55.9. The molecule has 2 N–H and O–H groups in total. The van der Waals surface area contributed by atoms with Crippen LogP contribution in [-0.2, 0) is 89.7 Å². The van der Waals surface area contributed by atoms with Gasteiger partial charge in [-0.15, -0.1) is 11.3 Å². The van der Waals surface area contributed by atoms with Gasteiger partial charge in [-0.1, -0.05) is 119 Å². The Balaban J connectivity index is 0.000000590. The van der Waals surface area contributed by atoms with E-state index in [1.54, 1.807) is 74.0 Å². The second-order valence-electron chi connectivity index (χ2n) is 20.8. The molecule has 554 valence electrons. The van der Waals surface area contributed by atoms with Crippen LogP contribution < -0.4 is 14.2 Å². The Bertz CT molecular complexity index is 4080. The van der Waals surface area contributed by atoms with Crippen LogP contribution in [0.5, 0.6) is 17.5 Å². The summed E-state index contributed by atoms with van der Waals surface area (Å²) in [5.41, 5.74) is 8.36. The molecule has 0 aliphatic carbocycles. The first-order valence-electron chi connectivity index (χ1n) is 30.1. The van der Waals surface area contributed by atoms with Gasteiger partial charge < -0.3 is 14.2 Å². The number of aromatic amines is 2. The van der Waals surface area contributed by atoms with Crippen molar-refractivity contribution in [2.75, 3.05) is 67.4 Å². The number of halogens is 6. The van der Waals surface area contributed by atoms with Crippen LogP contribution in [-0.4, -0.2) is 139 Å². The minimum Gasteiger partial charge on any atom is -0.497 e. The molecule has 8 aromatic rings. The number of carbonyl (C=O) groups excluding carboxylic acids is 8. The second-order valence-corrected chi connectivity index (χ2v) is 29.0. The summed E-state index contributed by atoms with van der Waals surface area (Å²) in [6, 6.07) is 35.1. The van der Waals surface area contributed by atoms with E-state index in [1.807, 2.05) is 68.4 Å². The van der Waals surface area contributed by atoms with E-state index < -0.39 is 0 Å². The van der Waals surface area contributed by atoms with Gasteiger partial charge in [0.2, 0.25) is 16.5 Å². The first-order valence-corrected chi connectivity index (χ1v) is 39.9. The molecule has 0 atom stereocenters. The van der Waals surface area contributed by atoms with Crippen LogP contribution in [0.1, 0.15) is 60.9 Å². The number of aromatic nitrogens is 5. The van der Waals surface area contributed by atoms with Gasteiger partial charge in [-0.3, -0.25) is 48.6 Å². The van der Waals surface area contributed by atoms with Crippen LogP contribution in [0, 0.1) is 29.9 Å². The molecule has 0 radical (unpaired) electrons. The van der Waals surface area contributed by atoms with E-state index >= 15 is 0 Å². The number of nitriles is 1. The number of nitrogens with one attached hydrogen (secondary N) is 2. The van der Waals surface area contributed by atoms with Crippen molar-refractivity contribution < 1.29 is 52.6 Å². The van der Waals surface area contributed by atoms with E-state index in [2.05, 4.69) is 174 Å². The number of nitrogens with zero attached hydrogens (tertiary/aromatic N) is 4. The molecule has 0 saturated heterocycles. The average molecular weight is 1840 g/mol. The van der Waals surface area contributed by atoms with Crippen molar-refractivity contribution in [1.29, 1.82) is 5.26 Å². The zero-order chi connectivity index (χ0) is 77.6. The lowest BCUT2D eigenvalue weighted by Gasteiger charge is -2.07. The van der Waals surface area contributed by atoms with Gasteiger partial charge in [-0.25, -0.2) is 9.97 Å². The van der Waals surface area contributed by atoms with Gasteiger partial charge in [0, 0.05) is 120 Å². The highest BCUT2D eigenvalue weighted by atomic mass is 79.9.